The third kappa shape index (κ3) is 58.5. The van der Waals surface area contributed by atoms with Crippen molar-refractivity contribution in [3.05, 3.63) is 0 Å². The van der Waals surface area contributed by atoms with Crippen LogP contribution >= 0.6 is 0 Å². The van der Waals surface area contributed by atoms with E-state index in [1.54, 1.807) is 0 Å². The predicted molar refractivity (Wildman–Crippen MR) is 32.1 cm³/mol. The molecule has 0 atom stereocenters. The second-order valence-corrected chi connectivity index (χ2v) is 1.34. The molecule has 0 aliphatic rings. The fourth-order valence-corrected chi connectivity index (χ4v) is 0. The van der Waals surface area contributed by atoms with E-state index in [0.29, 0.717) is 0 Å². The molecule has 0 saturated carbocycles. The van der Waals surface area contributed by atoms with E-state index in [9.17, 15) is 0 Å². The second-order valence-electron chi connectivity index (χ2n) is 1.34. The van der Waals surface area contributed by atoms with Gasteiger partial charge in [-0.3, -0.25) is 0 Å². The molecule has 0 saturated heterocycles. The van der Waals surface area contributed by atoms with Crippen LogP contribution in [0, 0.1) is 0 Å². The van der Waals surface area contributed by atoms with Gasteiger partial charge in [-0.25, -0.2) is 0 Å². The summed E-state index contributed by atoms with van der Waals surface area (Å²) in [5, 5.41) is 0. The topological polar surface area (TPSA) is 3.24 Å². The van der Waals surface area contributed by atoms with E-state index in [4.69, 9.17) is 0 Å². The summed E-state index contributed by atoms with van der Waals surface area (Å²) in [4.78, 5) is 2.00. The van der Waals surface area contributed by atoms with Crippen molar-refractivity contribution in [2.45, 2.75) is 7.43 Å². The molecule has 0 unspecified atom stereocenters. The van der Waals surface area contributed by atoms with Crippen molar-refractivity contribution < 1.29 is 21.1 Å². The Balaban J connectivity index is -0.0000000150. The molecular weight excluding hydrogens is 331 g/mol. The van der Waals surface area contributed by atoms with Gasteiger partial charge in [0.2, 0.25) is 0 Å². The Hall–Kier alpha value is 2.45. The van der Waals surface area contributed by atoms with Crippen molar-refractivity contribution in [2.24, 2.45) is 0 Å². The van der Waals surface area contributed by atoms with Gasteiger partial charge in [-0.2, -0.15) is 0 Å². The number of hydrogen-bond acceptors (Lipinski definition) is 1. The van der Waals surface area contributed by atoms with Crippen LogP contribution in [0.1, 0.15) is 7.43 Å². The van der Waals surface area contributed by atoms with Crippen LogP contribution in [0.4, 0.5) is 0 Å². The van der Waals surface area contributed by atoms with E-state index >= 15 is 0 Å². The molecule has 0 aromatic heterocycles. The van der Waals surface area contributed by atoms with Gasteiger partial charge in [0.15, 0.2) is 0 Å². The summed E-state index contributed by atoms with van der Waals surface area (Å²) in [7, 11) is 6.00. The quantitative estimate of drug-likeness (QED) is 0.616. The minimum absolute atomic E-state index is 0. The van der Waals surface area contributed by atoms with Gasteiger partial charge in [0.25, 0.3) is 0 Å². The summed E-state index contributed by atoms with van der Waals surface area (Å²) in [6.45, 7) is 0. The summed E-state index contributed by atoms with van der Waals surface area (Å²) in [6, 6.07) is 0. The van der Waals surface area contributed by atoms with Crippen LogP contribution in [0.15, 0.2) is 0 Å². The van der Waals surface area contributed by atoms with Crippen molar-refractivity contribution in [1.82, 2.24) is 4.90 Å². The van der Waals surface area contributed by atoms with E-state index in [-0.39, 0.29) is 86.7 Å². The SMILES string of the molecule is C.CN(C)C.[Rb].[W]. The molecule has 41 valence electrons. The Morgan fingerprint density at radius 2 is 1.00 bits per heavy atom. The summed E-state index contributed by atoms with van der Waals surface area (Å²) in [5.74, 6) is 0. The molecule has 3 heteroatoms. The van der Waals surface area contributed by atoms with Crippen LogP contribution < -0.4 is 0 Å². The first-order valence-corrected chi connectivity index (χ1v) is 1.34. The summed E-state index contributed by atoms with van der Waals surface area (Å²) < 4.78 is 0. The molecule has 0 aromatic rings. The molecule has 0 rings (SSSR count). The Morgan fingerprint density at radius 1 is 1.00 bits per heavy atom. The first-order valence-electron chi connectivity index (χ1n) is 1.34. The largest absolute Gasteiger partial charge is 0.312 e. The first kappa shape index (κ1) is 22.7. The van der Waals surface area contributed by atoms with Crippen LogP contribution in [-0.4, -0.2) is 84.2 Å². The molecule has 0 amide bonds. The molecule has 7 heavy (non-hydrogen) atoms. The molecule has 0 aromatic carbocycles. The fraction of sp³-hybridized carbons (Fsp3) is 1.00. The predicted octanol–water partition coefficient (Wildman–Crippen LogP) is 0.431. The molecule has 0 fully saturated rings. The van der Waals surface area contributed by atoms with Crippen molar-refractivity contribution >= 4 is 58.2 Å². The fourth-order valence-electron chi connectivity index (χ4n) is 0. The van der Waals surface area contributed by atoms with Gasteiger partial charge in [0.05, 0.1) is 0 Å². The van der Waals surface area contributed by atoms with Gasteiger partial charge in [0.1, 0.15) is 0 Å². The Kier molecular flexibility index (Phi) is 51.2. The zero-order valence-corrected chi connectivity index (χ0v) is 12.7. The number of nitrogens with zero attached hydrogens (tertiary/aromatic N) is 1. The van der Waals surface area contributed by atoms with Crippen molar-refractivity contribution in [3.8, 4) is 0 Å². The zero-order chi connectivity index (χ0) is 3.58. The Morgan fingerprint density at radius 3 is 1.00 bits per heavy atom. The molecule has 0 bridgehead atoms. The smallest absolute Gasteiger partial charge is 0 e. The van der Waals surface area contributed by atoms with Crippen molar-refractivity contribution in [2.75, 3.05) is 21.1 Å². The van der Waals surface area contributed by atoms with E-state index in [0.717, 1.165) is 0 Å². The first-order chi connectivity index (χ1) is 1.73. The summed E-state index contributed by atoms with van der Waals surface area (Å²) in [5.41, 5.74) is 0. The van der Waals surface area contributed by atoms with Gasteiger partial charge < -0.3 is 4.90 Å². The van der Waals surface area contributed by atoms with Gasteiger partial charge in [-0.15, -0.1) is 0 Å². The molecule has 0 N–H and O–H groups in total. The van der Waals surface area contributed by atoms with Crippen LogP contribution in [0.5, 0.6) is 0 Å². The minimum Gasteiger partial charge on any atom is -0.312 e. The minimum atomic E-state index is 0. The van der Waals surface area contributed by atoms with Gasteiger partial charge in [0, 0.05) is 79.3 Å². The molecule has 0 aliphatic carbocycles. The second kappa shape index (κ2) is 15.8. The standard InChI is InChI=1S/C3H9N.CH4.Rb.W/c1-4(2)3;;;/h1-3H3;1H4;;. The van der Waals surface area contributed by atoms with Crippen LogP contribution in [-0.2, 0) is 21.1 Å². The Bertz CT molecular complexity index is 16.4. The van der Waals surface area contributed by atoms with E-state index < -0.39 is 0 Å². The van der Waals surface area contributed by atoms with Crippen molar-refractivity contribution in [3.63, 3.8) is 0 Å². The number of hydrogen-bond donors (Lipinski definition) is 0. The van der Waals surface area contributed by atoms with Gasteiger partial charge in [-0.1, -0.05) is 7.43 Å². The van der Waals surface area contributed by atoms with Crippen molar-refractivity contribution in [1.29, 1.82) is 0 Å². The number of rotatable bonds is 0. The van der Waals surface area contributed by atoms with Crippen LogP contribution in [0.3, 0.4) is 0 Å². The third-order valence-corrected chi connectivity index (χ3v) is 0. The molecule has 0 aliphatic heterocycles. The molecular formula is C4H13NRbW. The molecule has 0 heterocycles. The van der Waals surface area contributed by atoms with E-state index in [1.165, 1.54) is 0 Å². The average Bonchev–Trinajstić information content (AvgIpc) is 0.811. The molecule has 0 spiro atoms. The average molecular weight is 344 g/mol. The molecule has 1 radical (unpaired) electrons. The summed E-state index contributed by atoms with van der Waals surface area (Å²) in [6.07, 6.45) is 0. The van der Waals surface area contributed by atoms with Crippen LogP contribution in [0.2, 0.25) is 0 Å². The van der Waals surface area contributed by atoms with E-state index in [1.807, 2.05) is 26.0 Å². The van der Waals surface area contributed by atoms with Crippen LogP contribution in [0.25, 0.3) is 0 Å². The zero-order valence-electron chi connectivity index (χ0n) is 4.86. The normalized spacial score (nSPS) is 5.14. The van der Waals surface area contributed by atoms with E-state index in [2.05, 4.69) is 0 Å². The maximum absolute atomic E-state index is 2.00. The van der Waals surface area contributed by atoms with Gasteiger partial charge in [-0.05, 0) is 21.1 Å². The maximum Gasteiger partial charge on any atom is 0 e. The monoisotopic (exact) mass is 344 g/mol. The summed E-state index contributed by atoms with van der Waals surface area (Å²) >= 11 is 0. The molecule has 1 nitrogen and oxygen atoms in total. The Labute approximate surface area is 110 Å². The van der Waals surface area contributed by atoms with Gasteiger partial charge >= 0.3 is 0 Å². The maximum atomic E-state index is 2.00. The third-order valence-electron chi connectivity index (χ3n) is 0.